The van der Waals surface area contributed by atoms with Crippen LogP contribution < -0.4 is 19.7 Å². The first kappa shape index (κ1) is 42.7. The lowest BCUT2D eigenvalue weighted by Crippen LogP contribution is -2.39. The zero-order chi connectivity index (χ0) is 41.3. The van der Waals surface area contributed by atoms with Crippen molar-refractivity contribution in [3.05, 3.63) is 81.4 Å². The minimum atomic E-state index is -4.35. The highest BCUT2D eigenvalue weighted by Crippen LogP contribution is 2.39. The maximum absolute atomic E-state index is 14.5. The van der Waals surface area contributed by atoms with Gasteiger partial charge in [0, 0.05) is 28.6 Å². The number of nitrogens with one attached hydrogen (secondary N) is 2. The van der Waals surface area contributed by atoms with Crippen molar-refractivity contribution in [3.63, 3.8) is 0 Å². The highest BCUT2D eigenvalue weighted by Gasteiger charge is 2.41. The number of sulfonamides is 1. The van der Waals surface area contributed by atoms with Gasteiger partial charge in [0.15, 0.2) is 6.61 Å². The molecule has 3 heterocycles. The van der Waals surface area contributed by atoms with Crippen LogP contribution in [0.3, 0.4) is 0 Å². The van der Waals surface area contributed by atoms with Crippen molar-refractivity contribution in [2.75, 3.05) is 36.6 Å². The standard InChI is InChI=1S/C21H23ClFNO5.C17H18N4O6S/c1-2-3-6-9-28-19(25)12-29-18-11-17(16(23)10-15(18)22)24-20(26)13-7-4-5-8-14(13)21(24)27;1-10-7-11(2)19-16(18-10)20-17(23)21-28(24,25)14-6-4-3-5-13(14)15(22)27-12-8-26-9-12/h10-11H,2-9,12H2,1H3;3-7,12H,8-9H2,1-2H3,(H2,18,19,20,21,23). The number of amides is 4. The average Bonchev–Trinajstić information content (AvgIpc) is 3.39. The number of ether oxygens (including phenoxy) is 4. The second kappa shape index (κ2) is 19.1. The molecule has 2 aliphatic heterocycles. The third-order valence-electron chi connectivity index (χ3n) is 8.70. The zero-order valence-electron chi connectivity index (χ0n) is 31.4. The molecule has 3 aliphatic rings. The maximum Gasteiger partial charge on any atom is 0.344 e. The summed E-state index contributed by atoms with van der Waals surface area (Å²) in [5, 5.41) is 2.20. The quantitative estimate of drug-likeness (QED) is 0.124. The Morgan fingerprint density at radius 2 is 1.63 bits per heavy atom. The van der Waals surface area contributed by atoms with Gasteiger partial charge in [-0.3, -0.25) is 14.9 Å². The number of rotatable bonds is 13. The Bertz CT molecular complexity index is 2150. The number of aromatic nitrogens is 2. The van der Waals surface area contributed by atoms with E-state index in [0.717, 1.165) is 43.1 Å². The van der Waals surface area contributed by atoms with E-state index in [1.165, 1.54) is 30.3 Å². The van der Waals surface area contributed by atoms with Crippen LogP contribution in [0.15, 0.2) is 58.5 Å². The molecule has 0 atom stereocenters. The second-order valence-electron chi connectivity index (χ2n) is 13.2. The summed E-state index contributed by atoms with van der Waals surface area (Å²) in [7, 11) is -4.35. The lowest BCUT2D eigenvalue weighted by atomic mass is 9.93. The molecule has 0 radical (unpaired) electrons. The summed E-state index contributed by atoms with van der Waals surface area (Å²) in [6, 6.07) is 8.24. The van der Waals surface area contributed by atoms with Crippen LogP contribution in [0, 0.1) is 19.7 Å². The van der Waals surface area contributed by atoms with Crippen LogP contribution in [0.25, 0.3) is 0 Å². The number of unbranched alkanes of at least 4 members (excludes halogenated alkanes) is 2. The Balaban J connectivity index is 0.000000218. The number of halogens is 2. The van der Waals surface area contributed by atoms with Gasteiger partial charge in [0.25, 0.3) is 21.8 Å². The summed E-state index contributed by atoms with van der Waals surface area (Å²) in [5.74, 6) is -3.26. The third kappa shape index (κ3) is 10.9. The molecule has 57 heavy (non-hydrogen) atoms. The Morgan fingerprint density at radius 3 is 2.25 bits per heavy atom. The Kier molecular flexibility index (Phi) is 14.3. The smallest absolute Gasteiger partial charge is 0.344 e. The third-order valence-corrected chi connectivity index (χ3v) is 10.4. The van der Waals surface area contributed by atoms with Gasteiger partial charge in [0.2, 0.25) is 5.95 Å². The maximum atomic E-state index is 14.5. The van der Waals surface area contributed by atoms with Crippen molar-refractivity contribution >= 4 is 63.0 Å². The first-order valence-corrected chi connectivity index (χ1v) is 20.0. The van der Waals surface area contributed by atoms with Crippen molar-refractivity contribution in [3.8, 4) is 5.75 Å². The monoisotopic (exact) mass is 829 g/mol. The number of carbonyl (C=O) groups excluding carboxylic acids is 5. The molecule has 0 spiro atoms. The van der Waals surface area contributed by atoms with E-state index < -0.39 is 58.3 Å². The average molecular weight is 830 g/mol. The van der Waals surface area contributed by atoms with E-state index in [9.17, 15) is 36.8 Å². The van der Waals surface area contributed by atoms with Gasteiger partial charge >= 0.3 is 18.0 Å². The normalized spacial score (nSPS) is 15.2. The molecule has 2 aromatic carbocycles. The van der Waals surface area contributed by atoms with Crippen LogP contribution in [-0.2, 0) is 38.6 Å². The van der Waals surface area contributed by atoms with Gasteiger partial charge in [0.05, 0.1) is 36.1 Å². The zero-order valence-corrected chi connectivity index (χ0v) is 33.0. The minimum Gasteiger partial charge on any atom is -0.480 e. The van der Waals surface area contributed by atoms with E-state index >= 15 is 0 Å². The van der Waals surface area contributed by atoms with E-state index in [4.69, 9.17) is 30.5 Å². The molecular weight excluding hydrogens is 789 g/mol. The molecule has 2 N–H and O–H groups in total. The summed E-state index contributed by atoms with van der Waals surface area (Å²) >= 11 is 6.02. The number of benzene rings is 2. The number of carbonyl (C=O) groups is 5. The molecule has 304 valence electrons. The molecular formula is C38H41ClFN5O11S. The lowest BCUT2D eigenvalue weighted by Gasteiger charge is -2.25. The Labute approximate surface area is 333 Å². The Morgan fingerprint density at radius 1 is 0.982 bits per heavy atom. The number of hydrogen-bond acceptors (Lipinski definition) is 13. The van der Waals surface area contributed by atoms with Crippen molar-refractivity contribution in [1.82, 2.24) is 14.7 Å². The van der Waals surface area contributed by atoms with Crippen molar-refractivity contribution in [2.24, 2.45) is 0 Å². The van der Waals surface area contributed by atoms with Gasteiger partial charge in [-0.15, -0.1) is 0 Å². The second-order valence-corrected chi connectivity index (χ2v) is 15.2. The van der Waals surface area contributed by atoms with E-state index in [-0.39, 0.29) is 46.1 Å². The van der Waals surface area contributed by atoms with Crippen LogP contribution in [0.4, 0.5) is 20.8 Å². The molecule has 1 aromatic heterocycles. The van der Waals surface area contributed by atoms with E-state index in [1.807, 2.05) is 11.6 Å². The van der Waals surface area contributed by atoms with Crippen molar-refractivity contribution in [2.45, 2.75) is 76.7 Å². The molecule has 1 fully saturated rings. The number of nitrogens with zero attached hydrogens (tertiary/aromatic N) is 3. The summed E-state index contributed by atoms with van der Waals surface area (Å²) in [4.78, 5) is 70.0. The fourth-order valence-electron chi connectivity index (χ4n) is 5.93. The number of esters is 2. The van der Waals surface area contributed by atoms with Crippen LogP contribution in [0.2, 0.25) is 5.02 Å². The van der Waals surface area contributed by atoms with Crippen LogP contribution in [0.1, 0.15) is 73.6 Å². The summed E-state index contributed by atoms with van der Waals surface area (Å²) in [5.41, 5.74) is 1.71. The van der Waals surface area contributed by atoms with E-state index in [0.29, 0.717) is 42.0 Å². The van der Waals surface area contributed by atoms with Gasteiger partial charge in [-0.05, 0) is 70.2 Å². The topological polar surface area (TPSA) is 209 Å². The van der Waals surface area contributed by atoms with Gasteiger partial charge in [-0.25, -0.2) is 46.8 Å². The highest BCUT2D eigenvalue weighted by molar-refractivity contribution is 7.90. The molecule has 6 rings (SSSR count). The molecule has 4 amide bonds. The molecule has 0 saturated carbocycles. The van der Waals surface area contributed by atoms with Crippen LogP contribution in [-0.4, -0.2) is 80.7 Å². The number of urea groups is 1. The molecule has 0 unspecified atom stereocenters. The van der Waals surface area contributed by atoms with Gasteiger partial charge in [-0.1, -0.05) is 43.5 Å². The van der Waals surface area contributed by atoms with Crippen LogP contribution in [0.5, 0.6) is 5.75 Å². The number of anilines is 2. The largest absolute Gasteiger partial charge is 0.480 e. The van der Waals surface area contributed by atoms with Gasteiger partial charge in [-0.2, -0.15) is 0 Å². The predicted molar refractivity (Wildman–Crippen MR) is 203 cm³/mol. The predicted octanol–water partition coefficient (Wildman–Crippen LogP) is 5.49. The van der Waals surface area contributed by atoms with Crippen LogP contribution >= 0.6 is 11.6 Å². The van der Waals surface area contributed by atoms with Gasteiger partial charge in [0.1, 0.15) is 22.6 Å². The number of aryl methyl sites for hydroxylation is 2. The van der Waals surface area contributed by atoms with Crippen molar-refractivity contribution < 1.29 is 55.7 Å². The molecule has 3 aromatic rings. The first-order valence-electron chi connectivity index (χ1n) is 18.1. The summed E-state index contributed by atoms with van der Waals surface area (Å²) in [6.07, 6.45) is 4.98. The molecule has 19 heteroatoms. The SMILES string of the molecule is CCCCCOC(=O)COc1cc(N2C(=O)C3=C(CCCC3)C2=O)c(F)cc1Cl.Cc1cc(C)nc(NC(=O)NS(=O)(=O)c2ccccc2C(=O)OC2COC2)n1. The highest BCUT2D eigenvalue weighted by atomic mass is 35.5. The van der Waals surface area contributed by atoms with Gasteiger partial charge < -0.3 is 18.9 Å². The summed E-state index contributed by atoms with van der Waals surface area (Å²) in [6.45, 7) is 5.88. The number of imide groups is 1. The molecule has 1 aliphatic carbocycles. The first-order chi connectivity index (χ1) is 27.2. The van der Waals surface area contributed by atoms with Crippen molar-refractivity contribution in [1.29, 1.82) is 0 Å². The van der Waals surface area contributed by atoms with E-state index in [2.05, 4.69) is 15.3 Å². The molecule has 16 nitrogen and oxygen atoms in total. The Hall–Kier alpha value is -5.46. The lowest BCUT2D eigenvalue weighted by molar-refractivity contribution is -0.146. The fourth-order valence-corrected chi connectivity index (χ4v) is 7.24. The molecule has 1 saturated heterocycles. The molecule has 0 bridgehead atoms. The summed E-state index contributed by atoms with van der Waals surface area (Å²) < 4.78 is 62.1. The van der Waals surface area contributed by atoms with E-state index in [1.54, 1.807) is 19.9 Å². The fraction of sp³-hybridized carbons (Fsp3) is 0.395. The number of hydrogen-bond donors (Lipinski definition) is 2. The minimum absolute atomic E-state index is 0.000883.